The Labute approximate surface area is 224 Å². The van der Waals surface area contributed by atoms with Gasteiger partial charge in [-0.1, -0.05) is 36.4 Å². The molecule has 0 aliphatic carbocycles. The molecule has 7 nitrogen and oxygen atoms in total. The van der Waals surface area contributed by atoms with Crippen molar-refractivity contribution in [2.75, 3.05) is 38.9 Å². The number of hydrogen-bond donors (Lipinski definition) is 1. The van der Waals surface area contributed by atoms with Crippen molar-refractivity contribution in [3.63, 3.8) is 0 Å². The van der Waals surface area contributed by atoms with E-state index in [4.69, 9.17) is 14.2 Å². The minimum absolute atomic E-state index is 0.310. The average molecular weight is 514 g/mol. The average Bonchev–Trinajstić information content (AvgIpc) is 3.17. The first-order valence-corrected chi connectivity index (χ1v) is 12.8. The summed E-state index contributed by atoms with van der Waals surface area (Å²) in [5.74, 6) is 1.13. The van der Waals surface area contributed by atoms with E-state index in [1.807, 2.05) is 18.2 Å². The number of allylic oxidation sites excluding steroid dienone is 2. The summed E-state index contributed by atoms with van der Waals surface area (Å²) < 4.78 is 16.2. The number of carbonyl (C=O) groups is 1. The fraction of sp³-hybridized carbons (Fsp3) is 0.290. The number of amides is 1. The highest BCUT2D eigenvalue weighted by molar-refractivity contribution is 5.95. The topological polar surface area (TPSA) is 72.4 Å². The van der Waals surface area contributed by atoms with Gasteiger partial charge >= 0.3 is 0 Å². The highest BCUT2D eigenvalue weighted by Crippen LogP contribution is 2.50. The summed E-state index contributed by atoms with van der Waals surface area (Å²) in [6, 6.07) is 23.7. The summed E-state index contributed by atoms with van der Waals surface area (Å²) >= 11 is 0. The number of methoxy groups -OCH3 is 2. The quantitative estimate of drug-likeness (QED) is 0.212. The maximum absolute atomic E-state index is 12.7. The molecule has 1 atom stereocenters. The maximum Gasteiger partial charge on any atom is 0.271 e. The molecule has 1 heterocycles. The Balaban J connectivity index is 1.58. The van der Waals surface area contributed by atoms with Gasteiger partial charge in [0.2, 0.25) is 0 Å². The Hall–Kier alpha value is -4.10. The van der Waals surface area contributed by atoms with Crippen LogP contribution in [-0.4, -0.2) is 46.1 Å². The number of nitrogens with zero attached hydrogens (tertiary/aromatic N) is 2. The number of ether oxygens (including phenoxy) is 3. The fourth-order valence-electron chi connectivity index (χ4n) is 4.93. The van der Waals surface area contributed by atoms with Crippen molar-refractivity contribution in [2.24, 2.45) is 5.10 Å². The molecule has 1 unspecified atom stereocenters. The normalized spacial score (nSPS) is 17.6. The van der Waals surface area contributed by atoms with Crippen LogP contribution in [0.2, 0.25) is 0 Å². The molecule has 38 heavy (non-hydrogen) atoms. The molecule has 3 aromatic rings. The number of carbonyl (C=O) groups excluding carboxylic acids is 1. The van der Waals surface area contributed by atoms with Gasteiger partial charge in [0, 0.05) is 42.2 Å². The summed E-state index contributed by atoms with van der Waals surface area (Å²) in [6.07, 6.45) is 4.46. The Morgan fingerprint density at radius 1 is 1.00 bits per heavy atom. The molecule has 0 spiro atoms. The zero-order valence-electron chi connectivity index (χ0n) is 22.4. The van der Waals surface area contributed by atoms with Crippen LogP contribution in [0.1, 0.15) is 35.3 Å². The lowest BCUT2D eigenvalue weighted by atomic mass is 9.76. The van der Waals surface area contributed by atoms with Crippen LogP contribution in [0.25, 0.3) is 0 Å². The Kier molecular flexibility index (Phi) is 8.81. The van der Waals surface area contributed by atoms with Crippen molar-refractivity contribution in [3.05, 3.63) is 101 Å². The van der Waals surface area contributed by atoms with Crippen LogP contribution < -0.4 is 19.8 Å². The first-order valence-electron chi connectivity index (χ1n) is 12.8. The monoisotopic (exact) mass is 513 g/mol. The molecule has 4 rings (SSSR count). The highest BCUT2D eigenvalue weighted by atomic mass is 16.5. The first kappa shape index (κ1) is 26.9. The first-order chi connectivity index (χ1) is 18.5. The van der Waals surface area contributed by atoms with Crippen molar-refractivity contribution in [1.82, 2.24) is 5.43 Å². The van der Waals surface area contributed by atoms with Gasteiger partial charge in [0.1, 0.15) is 18.1 Å². The molecule has 1 amide bonds. The molecule has 1 aliphatic rings. The molecular weight excluding hydrogens is 478 g/mol. The van der Waals surface area contributed by atoms with Gasteiger partial charge in [0.25, 0.3) is 5.91 Å². The standard InChI is InChI=1S/C31H35N3O4/c1-5-34-28-15-14-25(37-4)21-27(28)31(2,22-23-10-7-6-8-11-23)29(34)16-17-32-33-30(35)24-12-9-13-26(20-24)38-19-18-36-3/h6-17,20-21H,5,18-19,22H2,1-4H3,(H,33,35). The lowest BCUT2D eigenvalue weighted by Crippen LogP contribution is -2.31. The van der Waals surface area contributed by atoms with E-state index < -0.39 is 0 Å². The smallest absolute Gasteiger partial charge is 0.271 e. The van der Waals surface area contributed by atoms with Crippen molar-refractivity contribution in [2.45, 2.75) is 25.7 Å². The minimum Gasteiger partial charge on any atom is -0.497 e. The summed E-state index contributed by atoms with van der Waals surface area (Å²) in [5, 5.41) is 4.24. The van der Waals surface area contributed by atoms with Crippen molar-refractivity contribution < 1.29 is 19.0 Å². The number of benzene rings is 3. The van der Waals surface area contributed by atoms with Crippen LogP contribution in [0.3, 0.4) is 0 Å². The fourth-order valence-corrected chi connectivity index (χ4v) is 4.93. The zero-order chi connectivity index (χ0) is 27.0. The van der Waals surface area contributed by atoms with Crippen molar-refractivity contribution in [3.8, 4) is 11.5 Å². The lowest BCUT2D eigenvalue weighted by molar-refractivity contribution is 0.0954. The summed E-state index contributed by atoms with van der Waals surface area (Å²) in [7, 11) is 3.31. The third-order valence-corrected chi connectivity index (χ3v) is 6.79. The molecule has 0 saturated carbocycles. The lowest BCUT2D eigenvalue weighted by Gasteiger charge is -2.30. The van der Waals surface area contributed by atoms with Crippen LogP contribution in [0.5, 0.6) is 11.5 Å². The second kappa shape index (κ2) is 12.4. The van der Waals surface area contributed by atoms with E-state index >= 15 is 0 Å². The van der Waals surface area contributed by atoms with Crippen LogP contribution >= 0.6 is 0 Å². The van der Waals surface area contributed by atoms with Gasteiger partial charge in [0.15, 0.2) is 0 Å². The van der Waals surface area contributed by atoms with E-state index in [-0.39, 0.29) is 11.3 Å². The summed E-state index contributed by atoms with van der Waals surface area (Å²) in [6.45, 7) is 6.07. The predicted octanol–water partition coefficient (Wildman–Crippen LogP) is 5.36. The van der Waals surface area contributed by atoms with Gasteiger partial charge in [-0.05, 0) is 73.9 Å². The van der Waals surface area contributed by atoms with E-state index in [1.165, 1.54) is 11.1 Å². The molecule has 1 aliphatic heterocycles. The molecule has 0 fully saturated rings. The Bertz CT molecular complexity index is 1310. The van der Waals surface area contributed by atoms with E-state index in [9.17, 15) is 4.79 Å². The van der Waals surface area contributed by atoms with E-state index in [1.54, 1.807) is 44.7 Å². The number of anilines is 1. The van der Waals surface area contributed by atoms with E-state index in [0.717, 1.165) is 30.1 Å². The van der Waals surface area contributed by atoms with E-state index in [0.29, 0.717) is 24.5 Å². The van der Waals surface area contributed by atoms with Crippen LogP contribution in [0, 0.1) is 0 Å². The number of hydrazone groups is 1. The third kappa shape index (κ3) is 5.89. The number of rotatable bonds is 11. The van der Waals surface area contributed by atoms with Crippen molar-refractivity contribution in [1.29, 1.82) is 0 Å². The Morgan fingerprint density at radius 3 is 2.55 bits per heavy atom. The highest BCUT2D eigenvalue weighted by Gasteiger charge is 2.43. The van der Waals surface area contributed by atoms with Crippen LogP contribution in [-0.2, 0) is 16.6 Å². The van der Waals surface area contributed by atoms with Crippen LogP contribution in [0.15, 0.2) is 89.7 Å². The Morgan fingerprint density at radius 2 is 1.82 bits per heavy atom. The number of hydrogen-bond acceptors (Lipinski definition) is 6. The molecule has 7 heteroatoms. The van der Waals surface area contributed by atoms with Crippen LogP contribution in [0.4, 0.5) is 5.69 Å². The maximum atomic E-state index is 12.7. The summed E-state index contributed by atoms with van der Waals surface area (Å²) in [5.41, 5.74) is 7.50. The van der Waals surface area contributed by atoms with Gasteiger partial charge in [-0.25, -0.2) is 5.43 Å². The number of fused-ring (bicyclic) bond motifs is 1. The van der Waals surface area contributed by atoms with Gasteiger partial charge in [-0.3, -0.25) is 4.79 Å². The second-order valence-electron chi connectivity index (χ2n) is 9.26. The SMILES string of the molecule is CCN1C(=CC=NNC(=O)c2cccc(OCCOC)c2)C(C)(Cc2ccccc2)c2cc(OC)ccc21. The predicted molar refractivity (Wildman–Crippen MR) is 151 cm³/mol. The number of nitrogens with one attached hydrogen (secondary N) is 1. The molecule has 0 bridgehead atoms. The van der Waals surface area contributed by atoms with Gasteiger partial charge in [0.05, 0.1) is 13.7 Å². The zero-order valence-corrected chi connectivity index (χ0v) is 22.4. The largest absolute Gasteiger partial charge is 0.497 e. The number of likely N-dealkylation sites (N-methyl/N-ethyl adjacent to an activating group) is 1. The molecule has 0 radical (unpaired) electrons. The molecular formula is C31H35N3O4. The van der Waals surface area contributed by atoms with Gasteiger partial charge in [-0.2, -0.15) is 5.10 Å². The molecule has 198 valence electrons. The van der Waals surface area contributed by atoms with Gasteiger partial charge < -0.3 is 19.1 Å². The third-order valence-electron chi connectivity index (χ3n) is 6.79. The van der Waals surface area contributed by atoms with Gasteiger partial charge in [-0.15, -0.1) is 0 Å². The van der Waals surface area contributed by atoms with Crippen molar-refractivity contribution >= 4 is 17.8 Å². The molecule has 0 saturated heterocycles. The second-order valence-corrected chi connectivity index (χ2v) is 9.26. The molecule has 0 aromatic heterocycles. The summed E-state index contributed by atoms with van der Waals surface area (Å²) in [4.78, 5) is 15.0. The van der Waals surface area contributed by atoms with E-state index in [2.05, 4.69) is 65.7 Å². The molecule has 1 N–H and O–H groups in total. The molecule has 3 aromatic carbocycles. The minimum atomic E-state index is -0.314.